The van der Waals surface area contributed by atoms with Gasteiger partial charge in [0.1, 0.15) is 5.82 Å². The first-order chi connectivity index (χ1) is 14.6. The van der Waals surface area contributed by atoms with Crippen molar-refractivity contribution in [1.82, 2.24) is 5.32 Å². The van der Waals surface area contributed by atoms with Gasteiger partial charge in [0.2, 0.25) is 0 Å². The molecule has 168 valence electrons. The van der Waals surface area contributed by atoms with E-state index >= 15 is 0 Å². The molecule has 10 heteroatoms. The number of aryl methyl sites for hydroxylation is 1. The summed E-state index contributed by atoms with van der Waals surface area (Å²) in [5.41, 5.74) is 0.865. The summed E-state index contributed by atoms with van der Waals surface area (Å²) in [5, 5.41) is 2.56. The lowest BCUT2D eigenvalue weighted by atomic mass is 10.0. The molecular formula is C21H21F4NO4S. The van der Waals surface area contributed by atoms with Crippen LogP contribution in [0.4, 0.5) is 17.6 Å². The first kappa shape index (κ1) is 24.7. The lowest BCUT2D eigenvalue weighted by Gasteiger charge is -2.19. The summed E-state index contributed by atoms with van der Waals surface area (Å²) in [6.45, 7) is 1.42. The number of hydrogen-bond acceptors (Lipinski definition) is 5. The van der Waals surface area contributed by atoms with Crippen LogP contribution in [0.15, 0.2) is 41.3 Å². The van der Waals surface area contributed by atoms with Crippen LogP contribution in [0.5, 0.6) is 0 Å². The topological polar surface area (TPSA) is 64.6 Å². The molecule has 0 aliphatic carbocycles. The normalized spacial score (nSPS) is 12.4. The number of carbonyl (C=O) groups excluding carboxylic acids is 2. The number of esters is 1. The summed E-state index contributed by atoms with van der Waals surface area (Å²) in [5.74, 6) is -3.21. The van der Waals surface area contributed by atoms with Crippen LogP contribution in [0, 0.1) is 12.7 Å². The molecule has 0 aliphatic rings. The first-order valence-electron chi connectivity index (χ1n) is 9.03. The van der Waals surface area contributed by atoms with Crippen LogP contribution >= 0.6 is 11.8 Å². The van der Waals surface area contributed by atoms with E-state index < -0.39 is 35.7 Å². The molecule has 1 unspecified atom stereocenters. The molecule has 0 saturated carbocycles. The summed E-state index contributed by atoms with van der Waals surface area (Å²) in [7, 11) is 2.42. The maximum absolute atomic E-state index is 14.5. The second kappa shape index (κ2) is 10.6. The largest absolute Gasteiger partial charge is 0.465 e. The van der Waals surface area contributed by atoms with E-state index in [0.29, 0.717) is 22.9 Å². The van der Waals surface area contributed by atoms with Crippen molar-refractivity contribution in [1.29, 1.82) is 0 Å². The van der Waals surface area contributed by atoms with Gasteiger partial charge in [-0.2, -0.15) is 13.2 Å². The monoisotopic (exact) mass is 459 g/mol. The number of nitrogens with one attached hydrogen (secondary N) is 1. The minimum Gasteiger partial charge on any atom is -0.465 e. The maximum atomic E-state index is 14.5. The van der Waals surface area contributed by atoms with Crippen molar-refractivity contribution in [2.24, 2.45) is 0 Å². The van der Waals surface area contributed by atoms with Crippen molar-refractivity contribution in [2.45, 2.75) is 30.6 Å². The number of methoxy groups -OCH3 is 2. The van der Waals surface area contributed by atoms with Gasteiger partial charge in [0.15, 0.2) is 6.10 Å². The SMILES string of the molecule is COC(=O)c1ccccc1CNC(=O)C(OC)c1cc(SCC(F)(F)F)c(C)cc1F. The Balaban J connectivity index is 2.22. The molecule has 1 amide bonds. The Hall–Kier alpha value is -2.59. The average molecular weight is 459 g/mol. The molecule has 5 nitrogen and oxygen atoms in total. The number of amides is 1. The molecule has 0 saturated heterocycles. The molecule has 2 aromatic rings. The van der Waals surface area contributed by atoms with Gasteiger partial charge in [-0.05, 0) is 36.2 Å². The molecule has 0 aliphatic heterocycles. The highest BCUT2D eigenvalue weighted by Crippen LogP contribution is 2.33. The van der Waals surface area contributed by atoms with E-state index in [1.165, 1.54) is 33.3 Å². The number of ether oxygens (including phenoxy) is 2. The Bertz CT molecular complexity index is 949. The lowest BCUT2D eigenvalue weighted by Crippen LogP contribution is -2.31. The smallest absolute Gasteiger partial charge is 0.398 e. The van der Waals surface area contributed by atoms with Crippen molar-refractivity contribution >= 4 is 23.6 Å². The van der Waals surface area contributed by atoms with Gasteiger partial charge < -0.3 is 14.8 Å². The van der Waals surface area contributed by atoms with E-state index in [-0.39, 0.29) is 22.6 Å². The first-order valence-corrected chi connectivity index (χ1v) is 10.0. The maximum Gasteiger partial charge on any atom is 0.398 e. The molecule has 0 radical (unpaired) electrons. The summed E-state index contributed by atoms with van der Waals surface area (Å²) in [6.07, 6.45) is -5.78. The summed E-state index contributed by atoms with van der Waals surface area (Å²) >= 11 is 0.504. The number of alkyl halides is 3. The standard InChI is InChI=1S/C21H21F4NO4S/c1-12-8-16(22)15(9-17(12)31-11-21(23,24)25)18(29-2)19(27)26-10-13-6-4-5-7-14(13)20(28)30-3/h4-9,18H,10-11H2,1-3H3,(H,26,27). The second-order valence-corrected chi connectivity index (χ2v) is 7.54. The highest BCUT2D eigenvalue weighted by atomic mass is 32.2. The van der Waals surface area contributed by atoms with Gasteiger partial charge in [0.25, 0.3) is 5.91 Å². The van der Waals surface area contributed by atoms with Gasteiger partial charge in [0.05, 0.1) is 18.4 Å². The zero-order valence-electron chi connectivity index (χ0n) is 17.0. The number of thioether (sulfide) groups is 1. The number of hydrogen-bond donors (Lipinski definition) is 1. The van der Waals surface area contributed by atoms with Crippen LogP contribution in [0.2, 0.25) is 0 Å². The number of benzene rings is 2. The van der Waals surface area contributed by atoms with E-state index in [0.717, 1.165) is 6.07 Å². The predicted octanol–water partition coefficient (Wildman–Crippen LogP) is 4.58. The Morgan fingerprint density at radius 1 is 1.16 bits per heavy atom. The van der Waals surface area contributed by atoms with Crippen LogP contribution in [0.25, 0.3) is 0 Å². The lowest BCUT2D eigenvalue weighted by molar-refractivity contribution is -0.131. The van der Waals surface area contributed by atoms with Gasteiger partial charge in [-0.1, -0.05) is 18.2 Å². The Morgan fingerprint density at radius 3 is 2.45 bits per heavy atom. The highest BCUT2D eigenvalue weighted by molar-refractivity contribution is 7.99. The molecule has 0 bridgehead atoms. The molecule has 1 atom stereocenters. The summed E-state index contributed by atoms with van der Waals surface area (Å²) in [6, 6.07) is 8.72. The minimum absolute atomic E-state index is 0.0624. The van der Waals surface area contributed by atoms with E-state index in [4.69, 9.17) is 9.47 Å². The third kappa shape index (κ3) is 6.70. The van der Waals surface area contributed by atoms with Gasteiger partial charge in [-0.25, -0.2) is 9.18 Å². The third-order valence-electron chi connectivity index (χ3n) is 4.32. The number of halogens is 4. The van der Waals surface area contributed by atoms with E-state index in [9.17, 15) is 27.2 Å². The molecule has 2 rings (SSSR count). The molecule has 2 aromatic carbocycles. The summed E-state index contributed by atoms with van der Waals surface area (Å²) in [4.78, 5) is 24.7. The van der Waals surface area contributed by atoms with Crippen molar-refractivity contribution in [3.05, 3.63) is 64.5 Å². The van der Waals surface area contributed by atoms with Gasteiger partial charge in [-0.15, -0.1) is 11.8 Å². The number of rotatable bonds is 8. The molecule has 31 heavy (non-hydrogen) atoms. The zero-order chi connectivity index (χ0) is 23.2. The van der Waals surface area contributed by atoms with E-state index in [1.807, 2.05) is 0 Å². The second-order valence-electron chi connectivity index (χ2n) is 6.53. The fourth-order valence-corrected chi connectivity index (χ4v) is 3.63. The van der Waals surface area contributed by atoms with E-state index in [2.05, 4.69) is 5.32 Å². The van der Waals surface area contributed by atoms with E-state index in [1.54, 1.807) is 18.2 Å². The van der Waals surface area contributed by atoms with Gasteiger partial charge in [-0.3, -0.25) is 4.79 Å². The molecule has 0 fully saturated rings. The van der Waals surface area contributed by atoms with Crippen LogP contribution in [0.3, 0.4) is 0 Å². The predicted molar refractivity (Wildman–Crippen MR) is 107 cm³/mol. The zero-order valence-corrected chi connectivity index (χ0v) is 17.8. The fourth-order valence-electron chi connectivity index (χ4n) is 2.82. The van der Waals surface area contributed by atoms with Gasteiger partial charge >= 0.3 is 12.1 Å². The Labute approximate surface area is 181 Å². The van der Waals surface area contributed by atoms with Crippen LogP contribution < -0.4 is 5.32 Å². The molecule has 0 aromatic heterocycles. The fraction of sp³-hybridized carbons (Fsp3) is 0.333. The third-order valence-corrected chi connectivity index (χ3v) is 5.54. The average Bonchev–Trinajstić information content (AvgIpc) is 2.72. The molecule has 1 N–H and O–H groups in total. The van der Waals surface area contributed by atoms with Crippen LogP contribution in [0.1, 0.15) is 33.2 Å². The van der Waals surface area contributed by atoms with Crippen molar-refractivity contribution in [2.75, 3.05) is 20.0 Å². The molecular weight excluding hydrogens is 438 g/mol. The number of carbonyl (C=O) groups is 2. The van der Waals surface area contributed by atoms with Crippen molar-refractivity contribution in [3.8, 4) is 0 Å². The van der Waals surface area contributed by atoms with Crippen LogP contribution in [-0.4, -0.2) is 38.0 Å². The highest BCUT2D eigenvalue weighted by Gasteiger charge is 2.29. The Morgan fingerprint density at radius 2 is 1.84 bits per heavy atom. The summed E-state index contributed by atoms with van der Waals surface area (Å²) < 4.78 is 62.1. The minimum atomic E-state index is -4.39. The van der Waals surface area contributed by atoms with Crippen LogP contribution in [-0.2, 0) is 20.8 Å². The van der Waals surface area contributed by atoms with Gasteiger partial charge in [0, 0.05) is 24.1 Å². The molecule has 0 spiro atoms. The quantitative estimate of drug-likeness (QED) is 0.356. The van der Waals surface area contributed by atoms with Crippen molar-refractivity contribution < 1.29 is 36.6 Å². The molecule has 0 heterocycles. The van der Waals surface area contributed by atoms with Crippen molar-refractivity contribution in [3.63, 3.8) is 0 Å². The Kier molecular flexibility index (Phi) is 8.46.